The summed E-state index contributed by atoms with van der Waals surface area (Å²) in [7, 11) is 0. The third-order valence-corrected chi connectivity index (χ3v) is 2.86. The summed E-state index contributed by atoms with van der Waals surface area (Å²) in [6, 6.07) is 4.66. The fourth-order valence-electron chi connectivity index (χ4n) is 1.81. The molecule has 0 aliphatic rings. The van der Waals surface area contributed by atoms with Gasteiger partial charge in [0.05, 0.1) is 6.10 Å². The Balaban J connectivity index is 2.50. The van der Waals surface area contributed by atoms with Crippen LogP contribution in [0.2, 0.25) is 0 Å². The maximum atomic E-state index is 13.9. The number of hydrogen-bond donors (Lipinski definition) is 1. The Kier molecular flexibility index (Phi) is 3.56. The molecule has 2 rings (SSSR count). The number of aliphatic hydroxyl groups is 1. The van der Waals surface area contributed by atoms with Gasteiger partial charge in [0.15, 0.2) is 5.69 Å². The maximum absolute atomic E-state index is 13.9. The van der Waals surface area contributed by atoms with E-state index in [-0.39, 0.29) is 11.4 Å². The van der Waals surface area contributed by atoms with E-state index < -0.39 is 23.8 Å². The van der Waals surface area contributed by atoms with Crippen LogP contribution in [-0.4, -0.2) is 14.9 Å². The molecule has 20 heavy (non-hydrogen) atoms. The van der Waals surface area contributed by atoms with Crippen molar-refractivity contribution in [1.29, 1.82) is 0 Å². The molecule has 0 aliphatic heterocycles. The summed E-state index contributed by atoms with van der Waals surface area (Å²) in [6.45, 7) is 2.87. The first-order valence-electron chi connectivity index (χ1n) is 5.82. The highest BCUT2D eigenvalue weighted by molar-refractivity contribution is 5.38. The molecule has 0 saturated heterocycles. The predicted octanol–water partition coefficient (Wildman–Crippen LogP) is 3.39. The molecule has 2 aromatic rings. The molecule has 0 saturated carbocycles. The van der Waals surface area contributed by atoms with Gasteiger partial charge in [-0.3, -0.25) is 0 Å². The lowest BCUT2D eigenvalue weighted by Gasteiger charge is -2.09. The molecule has 0 spiro atoms. The first-order chi connectivity index (χ1) is 9.20. The Morgan fingerprint density at radius 1 is 1.25 bits per heavy atom. The van der Waals surface area contributed by atoms with E-state index in [0.717, 1.165) is 16.8 Å². The lowest BCUT2D eigenvalue weighted by Crippen LogP contribution is -2.08. The molecule has 0 amide bonds. The van der Waals surface area contributed by atoms with Gasteiger partial charge in [0.25, 0.3) is 0 Å². The SMILES string of the molecule is Cc1cc(C(F)(F)F)nn1-c1ccc(C(C)O)cc1F. The Bertz CT molecular complexity index is 632. The van der Waals surface area contributed by atoms with E-state index in [9.17, 15) is 22.7 Å². The first kappa shape index (κ1) is 14.5. The average molecular weight is 288 g/mol. The van der Waals surface area contributed by atoms with Crippen molar-refractivity contribution in [2.24, 2.45) is 0 Å². The summed E-state index contributed by atoms with van der Waals surface area (Å²) in [5.74, 6) is -0.747. The fourth-order valence-corrected chi connectivity index (χ4v) is 1.81. The number of hydrogen-bond acceptors (Lipinski definition) is 2. The van der Waals surface area contributed by atoms with Gasteiger partial charge in [-0.05, 0) is 37.6 Å². The second-order valence-corrected chi connectivity index (χ2v) is 4.47. The summed E-state index contributed by atoms with van der Waals surface area (Å²) < 4.78 is 52.5. The number of aromatic nitrogens is 2. The first-order valence-corrected chi connectivity index (χ1v) is 5.82. The van der Waals surface area contributed by atoms with E-state index in [1.54, 1.807) is 0 Å². The highest BCUT2D eigenvalue weighted by Crippen LogP contribution is 2.30. The lowest BCUT2D eigenvalue weighted by atomic mass is 10.1. The quantitative estimate of drug-likeness (QED) is 0.860. The van der Waals surface area contributed by atoms with Crippen molar-refractivity contribution in [3.63, 3.8) is 0 Å². The molecular weight excluding hydrogens is 276 g/mol. The number of rotatable bonds is 2. The van der Waals surface area contributed by atoms with Gasteiger partial charge in [0.1, 0.15) is 11.5 Å². The van der Waals surface area contributed by atoms with Crippen LogP contribution in [0.4, 0.5) is 17.6 Å². The largest absolute Gasteiger partial charge is 0.435 e. The Labute approximate surface area is 112 Å². The van der Waals surface area contributed by atoms with Gasteiger partial charge in [-0.15, -0.1) is 0 Å². The molecule has 7 heteroatoms. The Morgan fingerprint density at radius 3 is 2.35 bits per heavy atom. The minimum absolute atomic E-state index is 0.0950. The van der Waals surface area contributed by atoms with Crippen molar-refractivity contribution in [2.45, 2.75) is 26.1 Å². The predicted molar refractivity (Wildman–Crippen MR) is 63.9 cm³/mol. The van der Waals surface area contributed by atoms with Crippen LogP contribution in [0.3, 0.4) is 0 Å². The minimum Gasteiger partial charge on any atom is -0.389 e. The third-order valence-electron chi connectivity index (χ3n) is 2.86. The Morgan fingerprint density at radius 2 is 1.90 bits per heavy atom. The monoisotopic (exact) mass is 288 g/mol. The van der Waals surface area contributed by atoms with Gasteiger partial charge >= 0.3 is 6.18 Å². The van der Waals surface area contributed by atoms with Gasteiger partial charge in [0, 0.05) is 5.69 Å². The Hall–Kier alpha value is -1.89. The number of alkyl halides is 3. The van der Waals surface area contributed by atoms with E-state index in [1.165, 1.54) is 26.0 Å². The smallest absolute Gasteiger partial charge is 0.389 e. The lowest BCUT2D eigenvalue weighted by molar-refractivity contribution is -0.141. The molecule has 0 fully saturated rings. The summed E-state index contributed by atoms with van der Waals surface area (Å²) in [4.78, 5) is 0. The second-order valence-electron chi connectivity index (χ2n) is 4.47. The molecule has 1 unspecified atom stereocenters. The molecule has 3 nitrogen and oxygen atoms in total. The molecular formula is C13H12F4N2O. The van der Waals surface area contributed by atoms with Crippen LogP contribution in [0.15, 0.2) is 24.3 Å². The van der Waals surface area contributed by atoms with Crippen LogP contribution in [0, 0.1) is 12.7 Å². The zero-order valence-electron chi connectivity index (χ0n) is 10.7. The zero-order chi connectivity index (χ0) is 15.1. The highest BCUT2D eigenvalue weighted by atomic mass is 19.4. The molecule has 1 atom stereocenters. The van der Waals surface area contributed by atoms with Crippen LogP contribution in [0.5, 0.6) is 0 Å². The second kappa shape index (κ2) is 4.90. The summed E-state index contributed by atoms with van der Waals surface area (Å²) in [5, 5.41) is 12.7. The number of nitrogens with zero attached hydrogens (tertiary/aromatic N) is 2. The fraction of sp³-hybridized carbons (Fsp3) is 0.308. The van der Waals surface area contributed by atoms with E-state index >= 15 is 0 Å². The number of aryl methyl sites for hydroxylation is 1. The molecule has 0 radical (unpaired) electrons. The van der Waals surface area contributed by atoms with E-state index in [1.807, 2.05) is 0 Å². The van der Waals surface area contributed by atoms with E-state index in [2.05, 4.69) is 5.10 Å². The summed E-state index contributed by atoms with van der Waals surface area (Å²) in [5.41, 5.74) is -0.662. The normalized spacial score (nSPS) is 13.6. The highest BCUT2D eigenvalue weighted by Gasteiger charge is 2.34. The van der Waals surface area contributed by atoms with Gasteiger partial charge in [-0.25, -0.2) is 9.07 Å². The third kappa shape index (κ3) is 2.67. The van der Waals surface area contributed by atoms with E-state index in [4.69, 9.17) is 0 Å². The maximum Gasteiger partial charge on any atom is 0.435 e. The molecule has 1 aromatic heterocycles. The van der Waals surface area contributed by atoms with Crippen molar-refractivity contribution >= 4 is 0 Å². The van der Waals surface area contributed by atoms with Crippen molar-refractivity contribution < 1.29 is 22.7 Å². The van der Waals surface area contributed by atoms with E-state index in [0.29, 0.717) is 5.56 Å². The van der Waals surface area contributed by atoms with Gasteiger partial charge in [-0.1, -0.05) is 6.07 Å². The van der Waals surface area contributed by atoms with Crippen LogP contribution in [0.1, 0.15) is 30.0 Å². The van der Waals surface area contributed by atoms with Crippen molar-refractivity contribution in [1.82, 2.24) is 9.78 Å². The summed E-state index contributed by atoms with van der Waals surface area (Å²) in [6.07, 6.45) is -5.44. The van der Waals surface area contributed by atoms with Crippen LogP contribution in [-0.2, 0) is 6.18 Å². The van der Waals surface area contributed by atoms with Gasteiger partial charge < -0.3 is 5.11 Å². The number of benzene rings is 1. The molecule has 108 valence electrons. The molecule has 0 bridgehead atoms. The molecule has 1 N–H and O–H groups in total. The number of halogens is 4. The topological polar surface area (TPSA) is 38.0 Å². The van der Waals surface area contributed by atoms with Crippen LogP contribution < -0.4 is 0 Å². The van der Waals surface area contributed by atoms with Crippen molar-refractivity contribution in [2.75, 3.05) is 0 Å². The average Bonchev–Trinajstić information content (AvgIpc) is 2.71. The van der Waals surface area contributed by atoms with Crippen LogP contribution in [0.25, 0.3) is 5.69 Å². The molecule has 1 aromatic carbocycles. The standard InChI is InChI=1S/C13H12F4N2O/c1-7-5-12(13(15,16)17)18-19(7)11-4-3-9(8(2)20)6-10(11)14/h3-6,8,20H,1-2H3. The van der Waals surface area contributed by atoms with Crippen molar-refractivity contribution in [3.8, 4) is 5.69 Å². The minimum atomic E-state index is -4.58. The van der Waals surface area contributed by atoms with Gasteiger partial charge in [-0.2, -0.15) is 18.3 Å². The van der Waals surface area contributed by atoms with Gasteiger partial charge in [0.2, 0.25) is 0 Å². The molecule has 1 heterocycles. The van der Waals surface area contributed by atoms with Crippen LogP contribution >= 0.6 is 0 Å². The molecule has 0 aliphatic carbocycles. The van der Waals surface area contributed by atoms with Crippen molar-refractivity contribution in [3.05, 3.63) is 47.0 Å². The summed E-state index contributed by atoms with van der Waals surface area (Å²) >= 11 is 0. The number of aliphatic hydroxyl groups excluding tert-OH is 1. The zero-order valence-corrected chi connectivity index (χ0v) is 10.7.